The summed E-state index contributed by atoms with van der Waals surface area (Å²) in [4.78, 5) is 26.7. The maximum absolute atomic E-state index is 13.4. The number of nitrogens with one attached hydrogen (secondary N) is 2. The van der Waals surface area contributed by atoms with Crippen molar-refractivity contribution in [2.45, 2.75) is 0 Å². The van der Waals surface area contributed by atoms with Gasteiger partial charge in [0.2, 0.25) is 0 Å². The molecule has 1 aliphatic rings. The van der Waals surface area contributed by atoms with E-state index in [1.165, 1.54) is 0 Å². The minimum atomic E-state index is -0.379. The average molecular weight is 406 g/mol. The van der Waals surface area contributed by atoms with Gasteiger partial charge in [-0.3, -0.25) is 9.59 Å². The lowest BCUT2D eigenvalue weighted by atomic mass is 9.82. The van der Waals surface area contributed by atoms with Crippen molar-refractivity contribution in [1.29, 1.82) is 0 Å². The van der Waals surface area contributed by atoms with Crippen LogP contribution in [0.4, 0.5) is 22.7 Å². The molecule has 150 valence electrons. The van der Waals surface area contributed by atoms with Gasteiger partial charge in [0.05, 0.1) is 22.5 Å². The monoisotopic (exact) mass is 406 g/mol. The van der Waals surface area contributed by atoms with Crippen LogP contribution in [0.3, 0.4) is 0 Å². The number of aromatic hydroxyl groups is 1. The fourth-order valence-electron chi connectivity index (χ4n) is 3.83. The van der Waals surface area contributed by atoms with Gasteiger partial charge in [-0.15, -0.1) is 0 Å². The molecule has 3 N–H and O–H groups in total. The van der Waals surface area contributed by atoms with Gasteiger partial charge in [-0.25, -0.2) is 0 Å². The third-order valence-electron chi connectivity index (χ3n) is 5.28. The van der Waals surface area contributed by atoms with E-state index in [-0.39, 0.29) is 34.0 Å². The van der Waals surface area contributed by atoms with Gasteiger partial charge in [0.15, 0.2) is 17.3 Å². The van der Waals surface area contributed by atoms with Crippen LogP contribution in [0, 0.1) is 0 Å². The molecule has 0 atom stereocenters. The molecule has 0 unspecified atom stereocenters. The lowest BCUT2D eigenvalue weighted by Crippen LogP contribution is -2.22. The summed E-state index contributed by atoms with van der Waals surface area (Å²) in [5.41, 5.74) is 3.09. The third-order valence-corrected chi connectivity index (χ3v) is 5.28. The van der Waals surface area contributed by atoms with Crippen molar-refractivity contribution in [2.75, 3.05) is 10.6 Å². The van der Waals surface area contributed by atoms with Crippen molar-refractivity contribution >= 4 is 34.3 Å². The SMILES string of the molecule is O=C1c2ccccc2C(=O)c2c(O)c(Nc3ccccc3)cc(Nc3ccccc3)c21. The number of carbonyl (C=O) groups is 2. The number of benzene rings is 4. The molecular weight excluding hydrogens is 388 g/mol. The van der Waals surface area contributed by atoms with Crippen LogP contribution in [-0.4, -0.2) is 16.7 Å². The topological polar surface area (TPSA) is 78.4 Å². The van der Waals surface area contributed by atoms with Gasteiger partial charge in [-0.1, -0.05) is 60.7 Å². The summed E-state index contributed by atoms with van der Waals surface area (Å²) in [6, 6.07) is 27.1. The average Bonchev–Trinajstić information content (AvgIpc) is 2.81. The van der Waals surface area contributed by atoms with Gasteiger partial charge >= 0.3 is 0 Å². The van der Waals surface area contributed by atoms with Crippen molar-refractivity contribution in [1.82, 2.24) is 0 Å². The smallest absolute Gasteiger partial charge is 0.198 e. The number of phenolic OH excluding ortho intramolecular Hbond substituents is 1. The Bertz CT molecular complexity index is 1320. The molecule has 0 saturated heterocycles. The largest absolute Gasteiger partial charge is 0.505 e. The summed E-state index contributed by atoms with van der Waals surface area (Å²) < 4.78 is 0. The standard InChI is InChI=1S/C26H18N2O3/c29-24-18-13-7-8-14-19(18)25(30)23-22(24)20(27-16-9-3-1-4-10-16)15-21(26(23)31)28-17-11-5-2-6-12-17/h1-15,27-28,31H. The zero-order chi connectivity index (χ0) is 21.4. The predicted octanol–water partition coefficient (Wildman–Crippen LogP) is 5.65. The minimum absolute atomic E-state index is 0.00284. The molecule has 0 amide bonds. The van der Waals surface area contributed by atoms with E-state index in [0.717, 1.165) is 11.4 Å². The van der Waals surface area contributed by atoms with Gasteiger partial charge in [0, 0.05) is 22.5 Å². The second-order valence-electron chi connectivity index (χ2n) is 7.26. The Labute approximate surface area is 179 Å². The Kier molecular flexibility index (Phi) is 4.49. The van der Waals surface area contributed by atoms with Gasteiger partial charge in [-0.05, 0) is 30.3 Å². The molecule has 0 heterocycles. The van der Waals surface area contributed by atoms with Crippen LogP contribution in [0.25, 0.3) is 0 Å². The Morgan fingerprint density at radius 1 is 0.548 bits per heavy atom. The summed E-state index contributed by atoms with van der Waals surface area (Å²) >= 11 is 0. The van der Waals surface area contributed by atoms with Crippen molar-refractivity contribution in [3.8, 4) is 5.75 Å². The summed E-state index contributed by atoms with van der Waals surface area (Å²) in [7, 11) is 0. The van der Waals surface area contributed by atoms with Crippen LogP contribution in [0.15, 0.2) is 91.0 Å². The van der Waals surface area contributed by atoms with Gasteiger partial charge in [0.25, 0.3) is 0 Å². The fraction of sp³-hybridized carbons (Fsp3) is 0. The van der Waals surface area contributed by atoms with E-state index < -0.39 is 0 Å². The Morgan fingerprint density at radius 2 is 1.00 bits per heavy atom. The Balaban J connectivity index is 1.72. The Morgan fingerprint density at radius 3 is 1.55 bits per heavy atom. The molecule has 0 saturated carbocycles. The van der Waals surface area contributed by atoms with E-state index in [2.05, 4.69) is 10.6 Å². The molecule has 4 aromatic carbocycles. The highest BCUT2D eigenvalue weighted by Gasteiger charge is 2.35. The van der Waals surface area contributed by atoms with E-state index in [1.807, 2.05) is 60.7 Å². The normalized spacial score (nSPS) is 12.1. The fourth-order valence-corrected chi connectivity index (χ4v) is 3.83. The van der Waals surface area contributed by atoms with E-state index >= 15 is 0 Å². The van der Waals surface area contributed by atoms with Gasteiger partial charge in [-0.2, -0.15) is 0 Å². The molecule has 5 nitrogen and oxygen atoms in total. The van der Waals surface area contributed by atoms with E-state index in [0.29, 0.717) is 16.9 Å². The molecule has 4 aromatic rings. The van der Waals surface area contributed by atoms with Gasteiger partial charge < -0.3 is 15.7 Å². The minimum Gasteiger partial charge on any atom is -0.505 e. The number of phenols is 1. The number of hydrogen-bond acceptors (Lipinski definition) is 5. The quantitative estimate of drug-likeness (QED) is 0.265. The van der Waals surface area contributed by atoms with E-state index in [4.69, 9.17) is 0 Å². The van der Waals surface area contributed by atoms with Crippen molar-refractivity contribution in [3.05, 3.63) is 113 Å². The first-order chi connectivity index (χ1) is 15.1. The molecule has 5 rings (SSSR count). The first kappa shape index (κ1) is 18.6. The maximum atomic E-state index is 13.4. The number of fused-ring (bicyclic) bond motifs is 2. The molecule has 31 heavy (non-hydrogen) atoms. The van der Waals surface area contributed by atoms with Crippen LogP contribution in [0.2, 0.25) is 0 Å². The Hall–Kier alpha value is -4.38. The van der Waals surface area contributed by atoms with E-state index in [9.17, 15) is 14.7 Å². The van der Waals surface area contributed by atoms with E-state index in [1.54, 1.807) is 30.3 Å². The third kappa shape index (κ3) is 3.22. The summed E-state index contributed by atoms with van der Waals surface area (Å²) in [6.45, 7) is 0. The molecule has 0 aromatic heterocycles. The lowest BCUT2D eigenvalue weighted by Gasteiger charge is -2.24. The van der Waals surface area contributed by atoms with Crippen molar-refractivity contribution in [2.24, 2.45) is 0 Å². The summed E-state index contributed by atoms with van der Waals surface area (Å²) in [6.07, 6.45) is 0. The second kappa shape index (κ2) is 7.46. The maximum Gasteiger partial charge on any atom is 0.198 e. The second-order valence-corrected chi connectivity index (χ2v) is 7.26. The molecule has 5 heteroatoms. The molecule has 0 aliphatic heterocycles. The molecule has 0 fully saturated rings. The number of ketones is 2. The highest BCUT2D eigenvalue weighted by atomic mass is 16.3. The molecular formula is C26H18N2O3. The highest BCUT2D eigenvalue weighted by Crippen LogP contribution is 2.43. The number of para-hydroxylation sites is 2. The first-order valence-electron chi connectivity index (χ1n) is 9.86. The summed E-state index contributed by atoms with van der Waals surface area (Å²) in [5.74, 6) is -0.925. The predicted molar refractivity (Wildman–Crippen MR) is 121 cm³/mol. The van der Waals surface area contributed by atoms with Crippen molar-refractivity contribution in [3.63, 3.8) is 0 Å². The number of anilines is 4. The lowest BCUT2D eigenvalue weighted by molar-refractivity contribution is 0.0977. The van der Waals surface area contributed by atoms with Crippen LogP contribution in [0.5, 0.6) is 5.75 Å². The van der Waals surface area contributed by atoms with Gasteiger partial charge in [0.1, 0.15) is 0 Å². The molecule has 0 spiro atoms. The molecule has 0 radical (unpaired) electrons. The van der Waals surface area contributed by atoms with Crippen LogP contribution >= 0.6 is 0 Å². The molecule has 1 aliphatic carbocycles. The first-order valence-corrected chi connectivity index (χ1v) is 9.86. The highest BCUT2D eigenvalue weighted by molar-refractivity contribution is 6.31. The van der Waals surface area contributed by atoms with Crippen LogP contribution in [0.1, 0.15) is 31.8 Å². The number of carbonyl (C=O) groups excluding carboxylic acids is 2. The van der Waals surface area contributed by atoms with Crippen molar-refractivity contribution < 1.29 is 14.7 Å². The van der Waals surface area contributed by atoms with Crippen LogP contribution < -0.4 is 10.6 Å². The van der Waals surface area contributed by atoms with Crippen LogP contribution in [-0.2, 0) is 0 Å². The summed E-state index contributed by atoms with van der Waals surface area (Å²) in [5, 5.41) is 17.4. The number of rotatable bonds is 4. The number of hydrogen-bond donors (Lipinski definition) is 3. The zero-order valence-electron chi connectivity index (χ0n) is 16.4. The molecule has 0 bridgehead atoms. The zero-order valence-corrected chi connectivity index (χ0v) is 16.4.